The number of carboxylic acids is 1. The van der Waals surface area contributed by atoms with E-state index in [1.165, 1.54) is 0 Å². The lowest BCUT2D eigenvalue weighted by Crippen LogP contribution is -2.48. The lowest BCUT2D eigenvalue weighted by molar-refractivity contribution is -0.146. The van der Waals surface area contributed by atoms with Crippen molar-refractivity contribution in [1.29, 1.82) is 0 Å². The van der Waals surface area contributed by atoms with E-state index in [0.717, 1.165) is 7.11 Å². The molecule has 2 aliphatic rings. The van der Waals surface area contributed by atoms with Crippen molar-refractivity contribution in [2.45, 2.75) is 64.1 Å². The SMILES string of the molecule is COC(=O)C[C@@H]1CC(=O)[C@@H](NC(=O)OC(C)(C)C)Cc2cccc(c2)Oc2ccc(cc2)C[C@@H](C(=O)O)NC1=O. The van der Waals surface area contributed by atoms with Gasteiger partial charge in [0.2, 0.25) is 5.91 Å². The number of methoxy groups -OCH3 is 1. The van der Waals surface area contributed by atoms with Crippen LogP contribution in [-0.4, -0.2) is 59.6 Å². The van der Waals surface area contributed by atoms with E-state index in [1.54, 1.807) is 69.3 Å². The number of ketones is 1. The number of ether oxygens (including phenoxy) is 3. The summed E-state index contributed by atoms with van der Waals surface area (Å²) in [7, 11) is 1.15. The highest BCUT2D eigenvalue weighted by Crippen LogP contribution is 2.25. The first-order chi connectivity index (χ1) is 18.8. The van der Waals surface area contributed by atoms with Crippen LogP contribution in [0.3, 0.4) is 0 Å². The maximum absolute atomic E-state index is 13.5. The minimum Gasteiger partial charge on any atom is -0.480 e. The normalized spacial score (nSPS) is 19.9. The first-order valence-electron chi connectivity index (χ1n) is 12.8. The Labute approximate surface area is 232 Å². The highest BCUT2D eigenvalue weighted by atomic mass is 16.6. The Hall–Kier alpha value is -4.41. The summed E-state index contributed by atoms with van der Waals surface area (Å²) in [5, 5.41) is 14.8. The Morgan fingerprint density at radius 1 is 1.00 bits per heavy atom. The number of benzene rings is 2. The first kappa shape index (κ1) is 30.1. The van der Waals surface area contributed by atoms with Crippen LogP contribution in [0.1, 0.15) is 44.7 Å². The average Bonchev–Trinajstić information content (AvgIpc) is 2.87. The highest BCUT2D eigenvalue weighted by Gasteiger charge is 2.33. The van der Waals surface area contributed by atoms with Crippen molar-refractivity contribution in [3.05, 3.63) is 59.7 Å². The number of fused-ring (bicyclic) bond motifs is 10. The number of amides is 2. The number of aliphatic carboxylic acids is 1. The molecular weight excluding hydrogens is 520 g/mol. The van der Waals surface area contributed by atoms with Crippen molar-refractivity contribution in [2.75, 3.05) is 7.11 Å². The van der Waals surface area contributed by atoms with Crippen molar-refractivity contribution >= 4 is 29.7 Å². The Morgan fingerprint density at radius 3 is 2.33 bits per heavy atom. The number of carbonyl (C=O) groups is 5. The number of rotatable bonds is 4. The summed E-state index contributed by atoms with van der Waals surface area (Å²) < 4.78 is 16.0. The van der Waals surface area contributed by atoms with E-state index in [0.29, 0.717) is 22.6 Å². The van der Waals surface area contributed by atoms with Gasteiger partial charge in [-0.3, -0.25) is 14.4 Å². The third-order valence-electron chi connectivity index (χ3n) is 6.09. The van der Waals surface area contributed by atoms with Crippen molar-refractivity contribution in [3.8, 4) is 11.5 Å². The van der Waals surface area contributed by atoms with Crippen LogP contribution in [0, 0.1) is 5.92 Å². The lowest BCUT2D eigenvalue weighted by atomic mass is 9.91. The molecule has 11 heteroatoms. The molecule has 0 radical (unpaired) electrons. The lowest BCUT2D eigenvalue weighted by Gasteiger charge is -2.25. The van der Waals surface area contributed by atoms with E-state index in [4.69, 9.17) is 14.2 Å². The molecule has 2 aromatic carbocycles. The van der Waals surface area contributed by atoms with Crippen LogP contribution < -0.4 is 15.4 Å². The second-order valence-electron chi connectivity index (χ2n) is 10.5. The molecule has 4 bridgehead atoms. The van der Waals surface area contributed by atoms with Gasteiger partial charge < -0.3 is 30.0 Å². The summed E-state index contributed by atoms with van der Waals surface area (Å²) in [6, 6.07) is 11.3. The number of carbonyl (C=O) groups excluding carboxylic acids is 4. The van der Waals surface area contributed by atoms with E-state index in [9.17, 15) is 29.1 Å². The van der Waals surface area contributed by atoms with Crippen LogP contribution in [0.4, 0.5) is 4.79 Å². The molecule has 0 aromatic heterocycles. The molecule has 2 amide bonds. The van der Waals surface area contributed by atoms with Crippen molar-refractivity contribution in [2.24, 2.45) is 5.92 Å². The summed E-state index contributed by atoms with van der Waals surface area (Å²) in [5.74, 6) is -3.63. The molecule has 0 spiro atoms. The van der Waals surface area contributed by atoms with Gasteiger partial charge in [0.05, 0.1) is 25.5 Å². The van der Waals surface area contributed by atoms with Crippen molar-refractivity contribution in [3.63, 3.8) is 0 Å². The summed E-state index contributed by atoms with van der Waals surface area (Å²) in [6.45, 7) is 5.04. The molecule has 4 rings (SSSR count). The molecule has 11 nitrogen and oxygen atoms in total. The molecule has 0 fully saturated rings. The molecule has 0 saturated carbocycles. The largest absolute Gasteiger partial charge is 0.480 e. The van der Waals surface area contributed by atoms with Crippen LogP contribution in [0.15, 0.2) is 48.5 Å². The zero-order valence-electron chi connectivity index (χ0n) is 22.9. The van der Waals surface area contributed by atoms with E-state index in [1.807, 2.05) is 0 Å². The number of alkyl carbamates (subject to hydrolysis) is 1. The topological polar surface area (TPSA) is 157 Å². The summed E-state index contributed by atoms with van der Waals surface area (Å²) in [4.78, 5) is 63.5. The van der Waals surface area contributed by atoms with Gasteiger partial charge in [-0.15, -0.1) is 0 Å². The van der Waals surface area contributed by atoms with Gasteiger partial charge in [-0.05, 0) is 56.2 Å². The van der Waals surface area contributed by atoms with Crippen LogP contribution in [0.2, 0.25) is 0 Å². The standard InChI is InChI=1S/C29H34N2O9/c1-29(2,3)40-28(37)31-22-14-18-6-5-7-21(12-18)39-20-10-8-17(9-11-20)13-23(27(35)36)30-26(34)19(15-24(22)32)16-25(33)38-4/h5-12,19,22-23H,13-16H2,1-4H3,(H,30,34)(H,31,37)(H,35,36)/t19-,22-,23-/m0/s1. The zero-order valence-corrected chi connectivity index (χ0v) is 22.9. The molecule has 3 atom stereocenters. The van der Waals surface area contributed by atoms with Gasteiger partial charge >= 0.3 is 18.0 Å². The molecular formula is C29H34N2O9. The fourth-order valence-corrected chi connectivity index (χ4v) is 4.15. The molecule has 40 heavy (non-hydrogen) atoms. The number of Topliss-reactive ketones (excluding diaryl/α,β-unsaturated/α-hetero) is 1. The van der Waals surface area contributed by atoms with Gasteiger partial charge in [0.15, 0.2) is 5.78 Å². The predicted molar refractivity (Wildman–Crippen MR) is 143 cm³/mol. The van der Waals surface area contributed by atoms with Crippen molar-refractivity contribution in [1.82, 2.24) is 10.6 Å². The van der Waals surface area contributed by atoms with Gasteiger partial charge in [-0.2, -0.15) is 0 Å². The van der Waals surface area contributed by atoms with Crippen molar-refractivity contribution < 1.29 is 43.3 Å². The Kier molecular flexibility index (Phi) is 9.87. The van der Waals surface area contributed by atoms with Crippen LogP contribution >= 0.6 is 0 Å². The smallest absolute Gasteiger partial charge is 0.408 e. The second kappa shape index (κ2) is 13.1. The maximum Gasteiger partial charge on any atom is 0.408 e. The van der Waals surface area contributed by atoms with Gasteiger partial charge in [-0.25, -0.2) is 9.59 Å². The average molecular weight is 555 g/mol. The minimum atomic E-state index is -1.32. The molecule has 2 aromatic rings. The van der Waals surface area contributed by atoms with Gasteiger partial charge in [0, 0.05) is 19.3 Å². The predicted octanol–water partition coefficient (Wildman–Crippen LogP) is 3.18. The molecule has 0 saturated heterocycles. The minimum absolute atomic E-state index is 0.0402. The Morgan fingerprint density at radius 2 is 1.70 bits per heavy atom. The van der Waals surface area contributed by atoms with Crippen LogP contribution in [0.5, 0.6) is 11.5 Å². The van der Waals surface area contributed by atoms with E-state index in [-0.39, 0.29) is 12.8 Å². The fourth-order valence-electron chi connectivity index (χ4n) is 4.15. The number of hydrogen-bond donors (Lipinski definition) is 3. The maximum atomic E-state index is 13.5. The number of nitrogens with one attached hydrogen (secondary N) is 2. The third kappa shape index (κ3) is 9.11. The molecule has 214 valence electrons. The molecule has 0 unspecified atom stereocenters. The monoisotopic (exact) mass is 554 g/mol. The van der Waals surface area contributed by atoms with Gasteiger partial charge in [0.25, 0.3) is 0 Å². The fraction of sp³-hybridized carbons (Fsp3) is 0.414. The molecule has 3 N–H and O–H groups in total. The number of esters is 1. The molecule has 2 heterocycles. The molecule has 0 aliphatic carbocycles. The van der Waals surface area contributed by atoms with Crippen LogP contribution in [0.25, 0.3) is 0 Å². The van der Waals surface area contributed by atoms with Crippen LogP contribution in [-0.2, 0) is 41.5 Å². The summed E-state index contributed by atoms with van der Waals surface area (Å²) in [6.07, 6.45) is -1.75. The van der Waals surface area contributed by atoms with E-state index < -0.39 is 66.2 Å². The quantitative estimate of drug-likeness (QED) is 0.483. The first-order valence-corrected chi connectivity index (χ1v) is 12.8. The van der Waals surface area contributed by atoms with E-state index in [2.05, 4.69) is 10.6 Å². The number of hydrogen-bond acceptors (Lipinski definition) is 8. The molecule has 2 aliphatic heterocycles. The highest BCUT2D eigenvalue weighted by molar-refractivity contribution is 5.94. The van der Waals surface area contributed by atoms with Gasteiger partial charge in [-0.1, -0.05) is 24.3 Å². The van der Waals surface area contributed by atoms with E-state index >= 15 is 0 Å². The zero-order chi connectivity index (χ0) is 29.4. The second-order valence-corrected chi connectivity index (χ2v) is 10.5. The summed E-state index contributed by atoms with van der Waals surface area (Å²) in [5.41, 5.74) is 0.458. The Bertz CT molecular complexity index is 1250. The summed E-state index contributed by atoms with van der Waals surface area (Å²) >= 11 is 0. The van der Waals surface area contributed by atoms with Gasteiger partial charge in [0.1, 0.15) is 23.1 Å². The number of carboxylic acid groups (broad SMARTS) is 1. The third-order valence-corrected chi connectivity index (χ3v) is 6.09. The Balaban J connectivity index is 2.02.